The molecule has 6 nitrogen and oxygen atoms in total. The fourth-order valence-electron chi connectivity index (χ4n) is 2.62. The number of carbonyl (C=O) groups is 2. The van der Waals surface area contributed by atoms with Gasteiger partial charge in [-0.3, -0.25) is 4.90 Å². The minimum absolute atomic E-state index is 0.117. The van der Waals surface area contributed by atoms with E-state index in [2.05, 4.69) is 10.6 Å². The average Bonchev–Trinajstić information content (AvgIpc) is 3.21. The lowest BCUT2D eigenvalue weighted by molar-refractivity contribution is 0.212. The highest BCUT2D eigenvalue weighted by Crippen LogP contribution is 2.24. The van der Waals surface area contributed by atoms with Gasteiger partial charge in [-0.15, -0.1) is 11.3 Å². The molecule has 0 saturated carbocycles. The van der Waals surface area contributed by atoms with Crippen molar-refractivity contribution in [2.45, 2.75) is 13.5 Å². The summed E-state index contributed by atoms with van der Waals surface area (Å²) in [5, 5.41) is 5.67. The molecule has 2 heterocycles. The monoisotopic (exact) mass is 378 g/mol. The Morgan fingerprint density at radius 2 is 2.24 bits per heavy atom. The van der Waals surface area contributed by atoms with Gasteiger partial charge in [-0.1, -0.05) is 17.7 Å². The smallest absolute Gasteiger partial charge is 0.322 e. The van der Waals surface area contributed by atoms with Gasteiger partial charge in [-0.2, -0.15) is 0 Å². The summed E-state index contributed by atoms with van der Waals surface area (Å²) in [6.45, 7) is 4.27. The third-order valence-corrected chi connectivity index (χ3v) is 5.13. The zero-order chi connectivity index (χ0) is 17.8. The molecule has 0 unspecified atom stereocenters. The molecule has 2 N–H and O–H groups in total. The fourth-order valence-corrected chi connectivity index (χ4v) is 3.73. The van der Waals surface area contributed by atoms with Gasteiger partial charge in [0.25, 0.3) is 0 Å². The van der Waals surface area contributed by atoms with E-state index in [0.29, 0.717) is 36.2 Å². The van der Waals surface area contributed by atoms with E-state index in [0.717, 1.165) is 10.6 Å². The van der Waals surface area contributed by atoms with E-state index < -0.39 is 0 Å². The minimum atomic E-state index is -0.185. The molecule has 4 amide bonds. The van der Waals surface area contributed by atoms with Gasteiger partial charge < -0.3 is 15.5 Å². The molecule has 1 saturated heterocycles. The highest BCUT2D eigenvalue weighted by atomic mass is 35.5. The van der Waals surface area contributed by atoms with Crippen LogP contribution in [0.4, 0.5) is 21.0 Å². The van der Waals surface area contributed by atoms with Crippen molar-refractivity contribution in [3.8, 4) is 0 Å². The number of carbonyl (C=O) groups excluding carboxylic acids is 2. The van der Waals surface area contributed by atoms with Crippen LogP contribution in [-0.4, -0.2) is 36.6 Å². The van der Waals surface area contributed by atoms with Crippen LogP contribution in [0.1, 0.15) is 11.8 Å². The van der Waals surface area contributed by atoms with E-state index >= 15 is 0 Å². The molecule has 2 aromatic rings. The third kappa shape index (κ3) is 4.24. The molecule has 1 aromatic heterocycles. The molecule has 0 bridgehead atoms. The molecular formula is C17H19ClN4O2S. The summed E-state index contributed by atoms with van der Waals surface area (Å²) in [7, 11) is 0. The van der Waals surface area contributed by atoms with Gasteiger partial charge in [0.1, 0.15) is 0 Å². The van der Waals surface area contributed by atoms with Crippen molar-refractivity contribution < 1.29 is 9.59 Å². The maximum absolute atomic E-state index is 12.5. The van der Waals surface area contributed by atoms with E-state index in [4.69, 9.17) is 11.6 Å². The molecule has 25 heavy (non-hydrogen) atoms. The fraction of sp³-hybridized carbons (Fsp3) is 0.294. The summed E-state index contributed by atoms with van der Waals surface area (Å²) in [4.78, 5) is 28.7. The normalized spacial score (nSPS) is 13.7. The topological polar surface area (TPSA) is 64.7 Å². The Balaban J connectivity index is 1.68. The van der Waals surface area contributed by atoms with Crippen LogP contribution in [0.15, 0.2) is 36.4 Å². The number of hydrogen-bond donors (Lipinski definition) is 2. The molecule has 1 aromatic carbocycles. The van der Waals surface area contributed by atoms with Gasteiger partial charge in [-0.25, -0.2) is 9.59 Å². The molecule has 3 rings (SSSR count). The summed E-state index contributed by atoms with van der Waals surface area (Å²) in [5.74, 6) is 0. The molecule has 0 aliphatic carbocycles. The van der Waals surface area contributed by atoms with Gasteiger partial charge in [-0.05, 0) is 37.3 Å². The van der Waals surface area contributed by atoms with Crippen LogP contribution in [0.3, 0.4) is 0 Å². The van der Waals surface area contributed by atoms with Crippen molar-refractivity contribution in [3.05, 3.63) is 45.6 Å². The lowest BCUT2D eigenvalue weighted by Crippen LogP contribution is -2.34. The Labute approximate surface area is 155 Å². The molecule has 8 heteroatoms. The maximum Gasteiger partial charge on any atom is 0.322 e. The summed E-state index contributed by atoms with van der Waals surface area (Å²) >= 11 is 7.42. The number of nitrogens with one attached hydrogen (secondary N) is 2. The predicted molar refractivity (Wildman–Crippen MR) is 102 cm³/mol. The van der Waals surface area contributed by atoms with Crippen LogP contribution < -0.4 is 15.5 Å². The first kappa shape index (κ1) is 17.6. The second kappa shape index (κ2) is 7.76. The third-order valence-electron chi connectivity index (χ3n) is 3.91. The Hall–Kier alpha value is -2.25. The molecule has 1 aliphatic rings. The summed E-state index contributed by atoms with van der Waals surface area (Å²) in [6, 6.07) is 10.7. The largest absolute Gasteiger partial charge is 0.336 e. The van der Waals surface area contributed by atoms with E-state index in [1.807, 2.05) is 37.3 Å². The number of amides is 4. The van der Waals surface area contributed by atoms with Crippen LogP contribution >= 0.6 is 22.9 Å². The standard InChI is InChI=1S/C17H19ClN4O2S/c1-2-21(11-14-6-7-15(18)25-14)17(24)20-12-4-3-5-13(10-12)22-9-8-19-16(22)23/h3-7,10H,2,8-9,11H2,1H3,(H,19,23)(H,20,24). The lowest BCUT2D eigenvalue weighted by Gasteiger charge is -2.21. The Morgan fingerprint density at radius 1 is 1.40 bits per heavy atom. The van der Waals surface area contributed by atoms with E-state index in [1.165, 1.54) is 11.3 Å². The van der Waals surface area contributed by atoms with Crippen molar-refractivity contribution in [1.29, 1.82) is 0 Å². The first-order chi connectivity index (χ1) is 12.1. The van der Waals surface area contributed by atoms with Crippen LogP contribution in [0.2, 0.25) is 4.34 Å². The number of thiophene rings is 1. The van der Waals surface area contributed by atoms with Gasteiger partial charge >= 0.3 is 12.1 Å². The van der Waals surface area contributed by atoms with Gasteiger partial charge in [0, 0.05) is 35.9 Å². The van der Waals surface area contributed by atoms with Crippen molar-refractivity contribution in [2.75, 3.05) is 29.9 Å². The molecule has 132 valence electrons. The molecule has 0 atom stereocenters. The number of anilines is 2. The van der Waals surface area contributed by atoms with Gasteiger partial charge in [0.05, 0.1) is 10.9 Å². The lowest BCUT2D eigenvalue weighted by atomic mass is 10.2. The first-order valence-corrected chi connectivity index (χ1v) is 9.22. The molecule has 0 spiro atoms. The van der Waals surface area contributed by atoms with Crippen molar-refractivity contribution >= 4 is 46.4 Å². The predicted octanol–water partition coefficient (Wildman–Crippen LogP) is 3.99. The molecule has 1 fully saturated rings. The van der Waals surface area contributed by atoms with Crippen molar-refractivity contribution in [1.82, 2.24) is 10.2 Å². The van der Waals surface area contributed by atoms with E-state index in [9.17, 15) is 9.59 Å². The van der Waals surface area contributed by atoms with Crippen LogP contribution in [0.25, 0.3) is 0 Å². The SMILES string of the molecule is CCN(Cc1ccc(Cl)s1)C(=O)Nc1cccc(N2CCNC2=O)c1. The Morgan fingerprint density at radius 3 is 2.88 bits per heavy atom. The van der Waals surface area contributed by atoms with E-state index in [1.54, 1.807) is 15.9 Å². The Kier molecular flexibility index (Phi) is 5.45. The minimum Gasteiger partial charge on any atom is -0.336 e. The zero-order valence-electron chi connectivity index (χ0n) is 13.8. The first-order valence-electron chi connectivity index (χ1n) is 8.02. The zero-order valence-corrected chi connectivity index (χ0v) is 15.4. The summed E-state index contributed by atoms with van der Waals surface area (Å²) < 4.78 is 0.711. The number of benzene rings is 1. The highest BCUT2D eigenvalue weighted by Gasteiger charge is 2.21. The second-order valence-electron chi connectivity index (χ2n) is 5.58. The number of hydrogen-bond acceptors (Lipinski definition) is 3. The Bertz CT molecular complexity index is 780. The number of halogens is 1. The molecule has 0 radical (unpaired) electrons. The van der Waals surface area contributed by atoms with Crippen LogP contribution in [0, 0.1) is 0 Å². The van der Waals surface area contributed by atoms with E-state index in [-0.39, 0.29) is 12.1 Å². The van der Waals surface area contributed by atoms with Crippen LogP contribution in [-0.2, 0) is 6.54 Å². The van der Waals surface area contributed by atoms with Crippen molar-refractivity contribution in [3.63, 3.8) is 0 Å². The second-order valence-corrected chi connectivity index (χ2v) is 7.38. The van der Waals surface area contributed by atoms with Crippen LogP contribution in [0.5, 0.6) is 0 Å². The quantitative estimate of drug-likeness (QED) is 0.826. The van der Waals surface area contributed by atoms with Gasteiger partial charge in [0.15, 0.2) is 0 Å². The van der Waals surface area contributed by atoms with Gasteiger partial charge in [0.2, 0.25) is 0 Å². The number of nitrogens with zero attached hydrogens (tertiary/aromatic N) is 2. The number of urea groups is 2. The highest BCUT2D eigenvalue weighted by molar-refractivity contribution is 7.16. The summed E-state index contributed by atoms with van der Waals surface area (Å²) in [6.07, 6.45) is 0. The molecule has 1 aliphatic heterocycles. The number of rotatable bonds is 5. The summed E-state index contributed by atoms with van der Waals surface area (Å²) in [5.41, 5.74) is 1.42. The molecular weight excluding hydrogens is 360 g/mol. The van der Waals surface area contributed by atoms with Crippen molar-refractivity contribution in [2.24, 2.45) is 0 Å². The maximum atomic E-state index is 12.5. The average molecular weight is 379 g/mol.